The Morgan fingerprint density at radius 3 is 2.16 bits per heavy atom. The Balaban J connectivity index is 1.64. The van der Waals surface area contributed by atoms with E-state index in [4.69, 9.17) is 0 Å². The van der Waals surface area contributed by atoms with Crippen LogP contribution in [0.5, 0.6) is 0 Å². The van der Waals surface area contributed by atoms with E-state index in [1.165, 1.54) is 0 Å². The summed E-state index contributed by atoms with van der Waals surface area (Å²) in [5.41, 5.74) is -4.23. The second-order valence-corrected chi connectivity index (χ2v) is 10.5. The first-order valence-corrected chi connectivity index (χ1v) is 13.2. The van der Waals surface area contributed by atoms with Gasteiger partial charge in [-0.25, -0.2) is 0 Å². The first-order valence-electron chi connectivity index (χ1n) is 13.2. The molecule has 0 unspecified atom stereocenters. The largest absolute Gasteiger partial charge is 0.416 e. The lowest BCUT2D eigenvalue weighted by molar-refractivity contribution is -0.139. The van der Waals surface area contributed by atoms with Crippen LogP contribution in [0, 0.1) is 5.92 Å². The van der Waals surface area contributed by atoms with Gasteiger partial charge in [-0.1, -0.05) is 6.07 Å². The Hall–Kier alpha value is -4.43. The minimum absolute atomic E-state index is 0.233. The standard InChI is InChI=1S/C28H26F6N4O5/c1-13-9-15(24(41)35-13)11-21(22(39)26(43)36-18-6-7-18)38-25(42)19-12-17(28(32,33)34)5-8-20(19)37-23(40)14-3-2-4-16(10-14)27(29,30)31/h2-5,8,10,12-13,15,18,21H,6-7,9,11H2,1H3,(H,35,41)(H,36,43)(H,37,40)(H,38,42)/t13-,15+,21+/m1/s1. The Labute approximate surface area is 240 Å². The quantitative estimate of drug-likeness (QED) is 0.252. The number of anilines is 1. The van der Waals surface area contributed by atoms with Crippen molar-refractivity contribution in [2.75, 3.05) is 5.32 Å². The Kier molecular flexibility index (Phi) is 8.83. The number of carbonyl (C=O) groups excluding carboxylic acids is 5. The van der Waals surface area contributed by atoms with E-state index >= 15 is 0 Å². The third-order valence-electron chi connectivity index (χ3n) is 6.97. The van der Waals surface area contributed by atoms with Crippen LogP contribution in [0.4, 0.5) is 32.0 Å². The molecule has 1 saturated heterocycles. The van der Waals surface area contributed by atoms with Crippen LogP contribution in [-0.4, -0.2) is 47.5 Å². The van der Waals surface area contributed by atoms with Gasteiger partial charge < -0.3 is 21.3 Å². The van der Waals surface area contributed by atoms with Gasteiger partial charge in [0.2, 0.25) is 11.7 Å². The second-order valence-electron chi connectivity index (χ2n) is 10.5. The molecule has 4 rings (SSSR count). The number of nitrogens with one attached hydrogen (secondary N) is 4. The molecule has 0 spiro atoms. The molecule has 1 saturated carbocycles. The number of rotatable bonds is 9. The number of carbonyl (C=O) groups is 5. The number of Topliss-reactive ketones (excluding diaryl/α,β-unsaturated/α-hetero) is 1. The third kappa shape index (κ3) is 7.90. The molecule has 2 fully saturated rings. The molecule has 1 aliphatic carbocycles. The number of alkyl halides is 6. The van der Waals surface area contributed by atoms with Crippen molar-refractivity contribution in [3.8, 4) is 0 Å². The van der Waals surface area contributed by atoms with Crippen LogP contribution >= 0.6 is 0 Å². The fourth-order valence-corrected chi connectivity index (χ4v) is 4.60. The van der Waals surface area contributed by atoms with E-state index in [2.05, 4.69) is 21.3 Å². The summed E-state index contributed by atoms with van der Waals surface area (Å²) in [6.45, 7) is 1.70. The summed E-state index contributed by atoms with van der Waals surface area (Å²) in [6.07, 6.45) is -8.50. The lowest BCUT2D eigenvalue weighted by Gasteiger charge is -2.21. The highest BCUT2D eigenvalue weighted by Crippen LogP contribution is 2.33. The van der Waals surface area contributed by atoms with Gasteiger partial charge in [0.05, 0.1) is 28.4 Å². The van der Waals surface area contributed by atoms with Crippen molar-refractivity contribution < 1.29 is 50.3 Å². The Morgan fingerprint density at radius 1 is 0.930 bits per heavy atom. The molecule has 0 aromatic heterocycles. The van der Waals surface area contributed by atoms with Crippen LogP contribution in [0.1, 0.15) is 64.4 Å². The van der Waals surface area contributed by atoms with Gasteiger partial charge in [-0.2, -0.15) is 26.3 Å². The molecule has 1 heterocycles. The minimum atomic E-state index is -4.93. The number of amides is 4. The molecule has 15 heteroatoms. The van der Waals surface area contributed by atoms with Crippen molar-refractivity contribution in [3.63, 3.8) is 0 Å². The maximum atomic E-state index is 13.5. The molecule has 3 atom stereocenters. The first kappa shape index (κ1) is 31.5. The molecule has 0 bridgehead atoms. The number of ketones is 1. The summed E-state index contributed by atoms with van der Waals surface area (Å²) >= 11 is 0. The van der Waals surface area contributed by atoms with Crippen molar-refractivity contribution in [1.82, 2.24) is 16.0 Å². The zero-order valence-electron chi connectivity index (χ0n) is 22.5. The van der Waals surface area contributed by atoms with Crippen molar-refractivity contribution in [2.24, 2.45) is 5.92 Å². The SMILES string of the molecule is C[C@@H]1C[C@@H](C[C@H](NC(=O)c2cc(C(F)(F)F)ccc2NC(=O)c2cccc(C(F)(F)F)c2)C(=O)C(=O)NC2CC2)C(=O)N1. The number of halogens is 6. The van der Waals surface area contributed by atoms with Crippen molar-refractivity contribution in [2.45, 2.75) is 63.1 Å². The van der Waals surface area contributed by atoms with Gasteiger partial charge in [0.15, 0.2) is 0 Å². The summed E-state index contributed by atoms with van der Waals surface area (Å²) in [4.78, 5) is 64.1. The maximum absolute atomic E-state index is 13.5. The van der Waals surface area contributed by atoms with Crippen LogP contribution in [0.3, 0.4) is 0 Å². The molecule has 4 amide bonds. The van der Waals surface area contributed by atoms with Gasteiger partial charge in [0.1, 0.15) is 0 Å². The molecule has 0 radical (unpaired) electrons. The molecular weight excluding hydrogens is 586 g/mol. The average Bonchev–Trinajstić information content (AvgIpc) is 3.68. The average molecular weight is 613 g/mol. The molecule has 2 aromatic rings. The number of benzene rings is 2. The molecule has 4 N–H and O–H groups in total. The van der Waals surface area contributed by atoms with Crippen LogP contribution < -0.4 is 21.3 Å². The van der Waals surface area contributed by atoms with Crippen LogP contribution in [0.25, 0.3) is 0 Å². The van der Waals surface area contributed by atoms with E-state index in [0.717, 1.165) is 24.3 Å². The normalized spacial score (nSPS) is 19.3. The topological polar surface area (TPSA) is 133 Å². The molecule has 2 aliphatic rings. The van der Waals surface area contributed by atoms with Gasteiger partial charge >= 0.3 is 12.4 Å². The van der Waals surface area contributed by atoms with Gasteiger partial charge in [0.25, 0.3) is 17.7 Å². The Morgan fingerprint density at radius 2 is 1.58 bits per heavy atom. The number of hydrogen-bond donors (Lipinski definition) is 4. The first-order chi connectivity index (χ1) is 20.0. The highest BCUT2D eigenvalue weighted by molar-refractivity contribution is 6.38. The van der Waals surface area contributed by atoms with Crippen molar-refractivity contribution in [3.05, 3.63) is 64.7 Å². The predicted molar refractivity (Wildman–Crippen MR) is 139 cm³/mol. The van der Waals surface area contributed by atoms with Gasteiger partial charge in [-0.15, -0.1) is 0 Å². The molecule has 43 heavy (non-hydrogen) atoms. The van der Waals surface area contributed by atoms with E-state index in [9.17, 15) is 50.3 Å². The van der Waals surface area contributed by atoms with E-state index in [-0.39, 0.29) is 24.9 Å². The lowest BCUT2D eigenvalue weighted by Crippen LogP contribution is -2.49. The van der Waals surface area contributed by atoms with Crippen molar-refractivity contribution >= 4 is 35.1 Å². The fraction of sp³-hybridized carbons (Fsp3) is 0.393. The Bertz CT molecular complexity index is 1450. The van der Waals surface area contributed by atoms with Crippen LogP contribution in [-0.2, 0) is 26.7 Å². The van der Waals surface area contributed by atoms with Crippen molar-refractivity contribution in [1.29, 1.82) is 0 Å². The smallest absolute Gasteiger partial charge is 0.353 e. The van der Waals surface area contributed by atoms with Gasteiger partial charge in [0, 0.05) is 23.6 Å². The highest BCUT2D eigenvalue weighted by atomic mass is 19.4. The number of hydrogen-bond acceptors (Lipinski definition) is 5. The zero-order valence-corrected chi connectivity index (χ0v) is 22.5. The third-order valence-corrected chi connectivity index (χ3v) is 6.97. The van der Waals surface area contributed by atoms with E-state index < -0.39 is 81.7 Å². The van der Waals surface area contributed by atoms with E-state index in [1.54, 1.807) is 6.92 Å². The summed E-state index contributed by atoms with van der Waals surface area (Å²) < 4.78 is 80.0. The lowest BCUT2D eigenvalue weighted by atomic mass is 9.93. The highest BCUT2D eigenvalue weighted by Gasteiger charge is 2.39. The summed E-state index contributed by atoms with van der Waals surface area (Å²) in [5.74, 6) is -5.84. The summed E-state index contributed by atoms with van der Waals surface area (Å²) in [7, 11) is 0. The molecule has 2 aromatic carbocycles. The van der Waals surface area contributed by atoms with E-state index in [0.29, 0.717) is 31.0 Å². The molecule has 1 aliphatic heterocycles. The van der Waals surface area contributed by atoms with Gasteiger partial charge in [-0.05, 0) is 69.0 Å². The van der Waals surface area contributed by atoms with Crippen LogP contribution in [0.2, 0.25) is 0 Å². The monoisotopic (exact) mass is 612 g/mol. The zero-order chi connectivity index (χ0) is 31.7. The molecular formula is C28H26F6N4O5. The molecule has 9 nitrogen and oxygen atoms in total. The molecule has 230 valence electrons. The fourth-order valence-electron chi connectivity index (χ4n) is 4.60. The minimum Gasteiger partial charge on any atom is -0.353 e. The second kappa shape index (κ2) is 12.1. The summed E-state index contributed by atoms with van der Waals surface area (Å²) in [6, 6.07) is 2.82. The predicted octanol–water partition coefficient (Wildman–Crippen LogP) is 3.84. The van der Waals surface area contributed by atoms with E-state index in [1.807, 2.05) is 0 Å². The summed E-state index contributed by atoms with van der Waals surface area (Å²) in [5, 5.41) is 9.49. The maximum Gasteiger partial charge on any atom is 0.416 e. The van der Waals surface area contributed by atoms with Crippen LogP contribution in [0.15, 0.2) is 42.5 Å². The van der Waals surface area contributed by atoms with Gasteiger partial charge in [-0.3, -0.25) is 24.0 Å².